The molecule has 2 N–H and O–H groups in total. The summed E-state index contributed by atoms with van der Waals surface area (Å²) in [5.74, 6) is -1.60. The Morgan fingerprint density at radius 2 is 1.57 bits per heavy atom. The monoisotopic (exact) mass is 415 g/mol. The van der Waals surface area contributed by atoms with Crippen molar-refractivity contribution in [1.29, 1.82) is 0 Å². The van der Waals surface area contributed by atoms with Crippen LogP contribution in [0.25, 0.3) is 0 Å². The van der Waals surface area contributed by atoms with Crippen LogP contribution in [-0.4, -0.2) is 55.9 Å². The number of benzene rings is 2. The third-order valence-electron chi connectivity index (χ3n) is 4.38. The lowest BCUT2D eigenvalue weighted by molar-refractivity contribution is -0.148. The Morgan fingerprint density at radius 3 is 2.13 bits per heavy atom. The van der Waals surface area contributed by atoms with Crippen molar-refractivity contribution in [2.45, 2.75) is 25.0 Å². The Kier molecular flexibility index (Phi) is 8.83. The number of carbonyl (C=O) groups excluding carboxylic acids is 2. The van der Waals surface area contributed by atoms with Crippen molar-refractivity contribution in [2.24, 2.45) is 0 Å². The standard InChI is InChI=1S/C22H25NO7/c1-28-19(21(25)26)13-16-8-10-17(11-9-16)30-14-20(24)23-18(22(27)29-2)12-15-6-4-3-5-7-15/h3-11,18-19H,12-14H2,1-2H3,(H,23,24)(H,25,26)/t18?,19-/m0/s1. The van der Waals surface area contributed by atoms with E-state index in [1.165, 1.54) is 14.2 Å². The average molecular weight is 415 g/mol. The van der Waals surface area contributed by atoms with Gasteiger partial charge in [-0.2, -0.15) is 0 Å². The van der Waals surface area contributed by atoms with E-state index in [-0.39, 0.29) is 13.0 Å². The Bertz CT molecular complexity index is 836. The molecule has 2 rings (SSSR count). The fraction of sp³-hybridized carbons (Fsp3) is 0.318. The number of hydrogen-bond acceptors (Lipinski definition) is 6. The number of aliphatic carboxylic acids is 1. The van der Waals surface area contributed by atoms with Gasteiger partial charge in [0.05, 0.1) is 7.11 Å². The maximum Gasteiger partial charge on any atom is 0.333 e. The molecule has 0 heterocycles. The molecule has 2 aromatic rings. The van der Waals surface area contributed by atoms with Crippen LogP contribution in [0.4, 0.5) is 0 Å². The van der Waals surface area contributed by atoms with Crippen molar-refractivity contribution < 1.29 is 33.7 Å². The molecular formula is C22H25NO7. The van der Waals surface area contributed by atoms with Crippen molar-refractivity contribution in [3.63, 3.8) is 0 Å². The van der Waals surface area contributed by atoms with Crippen LogP contribution in [0, 0.1) is 0 Å². The summed E-state index contributed by atoms with van der Waals surface area (Å²) in [5, 5.41) is 11.7. The van der Waals surface area contributed by atoms with Gasteiger partial charge < -0.3 is 24.6 Å². The smallest absolute Gasteiger partial charge is 0.333 e. The van der Waals surface area contributed by atoms with Gasteiger partial charge in [-0.15, -0.1) is 0 Å². The second-order valence-corrected chi connectivity index (χ2v) is 6.53. The first-order valence-electron chi connectivity index (χ1n) is 9.31. The van der Waals surface area contributed by atoms with Crippen LogP contribution in [-0.2, 0) is 36.7 Å². The molecule has 0 spiro atoms. The van der Waals surface area contributed by atoms with E-state index >= 15 is 0 Å². The summed E-state index contributed by atoms with van der Waals surface area (Å²) in [6, 6.07) is 15.1. The Balaban J connectivity index is 1.88. The van der Waals surface area contributed by atoms with Crippen LogP contribution in [0.1, 0.15) is 11.1 Å². The number of nitrogens with one attached hydrogen (secondary N) is 1. The molecule has 0 aromatic heterocycles. The van der Waals surface area contributed by atoms with E-state index < -0.39 is 30.0 Å². The second-order valence-electron chi connectivity index (χ2n) is 6.53. The number of rotatable bonds is 11. The van der Waals surface area contributed by atoms with Gasteiger partial charge in [0, 0.05) is 20.0 Å². The first-order chi connectivity index (χ1) is 14.4. The van der Waals surface area contributed by atoms with Gasteiger partial charge >= 0.3 is 11.9 Å². The normalized spacial score (nSPS) is 12.5. The predicted octanol–water partition coefficient (Wildman–Crippen LogP) is 1.61. The molecule has 8 nitrogen and oxygen atoms in total. The molecule has 2 aromatic carbocycles. The Morgan fingerprint density at radius 1 is 0.933 bits per heavy atom. The molecule has 0 aliphatic carbocycles. The molecule has 0 saturated heterocycles. The van der Waals surface area contributed by atoms with E-state index in [0.717, 1.165) is 11.1 Å². The number of carboxylic acid groups (broad SMARTS) is 1. The minimum absolute atomic E-state index is 0.215. The quantitative estimate of drug-likeness (QED) is 0.536. The van der Waals surface area contributed by atoms with E-state index in [1.807, 2.05) is 30.3 Å². The molecule has 0 radical (unpaired) electrons. The lowest BCUT2D eigenvalue weighted by Crippen LogP contribution is -2.44. The lowest BCUT2D eigenvalue weighted by atomic mass is 10.1. The first kappa shape index (κ1) is 22.9. The highest BCUT2D eigenvalue weighted by molar-refractivity contribution is 5.85. The van der Waals surface area contributed by atoms with Crippen LogP contribution in [0.15, 0.2) is 54.6 Å². The van der Waals surface area contributed by atoms with Crippen LogP contribution < -0.4 is 10.1 Å². The number of amides is 1. The molecule has 2 atom stereocenters. The highest BCUT2D eigenvalue weighted by Gasteiger charge is 2.22. The van der Waals surface area contributed by atoms with Crippen molar-refractivity contribution in [2.75, 3.05) is 20.8 Å². The van der Waals surface area contributed by atoms with Crippen molar-refractivity contribution in [3.8, 4) is 5.75 Å². The van der Waals surface area contributed by atoms with Gasteiger partial charge in [0.15, 0.2) is 12.7 Å². The lowest BCUT2D eigenvalue weighted by Gasteiger charge is -2.17. The van der Waals surface area contributed by atoms with Gasteiger partial charge in [0.25, 0.3) is 5.91 Å². The number of methoxy groups -OCH3 is 2. The molecular weight excluding hydrogens is 390 g/mol. The summed E-state index contributed by atoms with van der Waals surface area (Å²) in [5.41, 5.74) is 1.65. The highest BCUT2D eigenvalue weighted by atomic mass is 16.5. The van der Waals surface area contributed by atoms with Gasteiger partial charge in [-0.25, -0.2) is 9.59 Å². The van der Waals surface area contributed by atoms with E-state index in [0.29, 0.717) is 12.2 Å². The SMILES string of the molecule is COC(=O)C(Cc1ccccc1)NC(=O)COc1ccc(C[C@H](OC)C(=O)O)cc1. The summed E-state index contributed by atoms with van der Waals surface area (Å²) in [7, 11) is 2.61. The van der Waals surface area contributed by atoms with Crippen LogP contribution in [0.3, 0.4) is 0 Å². The zero-order chi connectivity index (χ0) is 21.9. The van der Waals surface area contributed by atoms with Crippen LogP contribution in [0.2, 0.25) is 0 Å². The van der Waals surface area contributed by atoms with Crippen molar-refractivity contribution >= 4 is 17.8 Å². The Hall–Kier alpha value is -3.39. The largest absolute Gasteiger partial charge is 0.484 e. The topological polar surface area (TPSA) is 111 Å². The summed E-state index contributed by atoms with van der Waals surface area (Å²) < 4.78 is 15.1. The number of carbonyl (C=O) groups is 3. The second kappa shape index (κ2) is 11.6. The van der Waals surface area contributed by atoms with Crippen molar-refractivity contribution in [1.82, 2.24) is 5.32 Å². The van der Waals surface area contributed by atoms with Gasteiger partial charge in [-0.1, -0.05) is 42.5 Å². The molecule has 0 bridgehead atoms. The minimum Gasteiger partial charge on any atom is -0.484 e. The molecule has 160 valence electrons. The third-order valence-corrected chi connectivity index (χ3v) is 4.38. The maximum atomic E-state index is 12.2. The number of hydrogen-bond donors (Lipinski definition) is 2. The number of esters is 1. The molecule has 0 fully saturated rings. The van der Waals surface area contributed by atoms with Crippen LogP contribution >= 0.6 is 0 Å². The average Bonchev–Trinajstić information content (AvgIpc) is 2.76. The predicted molar refractivity (Wildman–Crippen MR) is 108 cm³/mol. The fourth-order valence-electron chi connectivity index (χ4n) is 2.78. The van der Waals surface area contributed by atoms with Gasteiger partial charge in [0.2, 0.25) is 0 Å². The molecule has 1 amide bonds. The molecule has 8 heteroatoms. The van der Waals surface area contributed by atoms with E-state index in [1.54, 1.807) is 24.3 Å². The number of carboxylic acids is 1. The number of ether oxygens (including phenoxy) is 3. The molecule has 0 aliphatic rings. The summed E-state index contributed by atoms with van der Waals surface area (Å²) >= 11 is 0. The summed E-state index contributed by atoms with van der Waals surface area (Å²) in [4.78, 5) is 35.3. The van der Waals surface area contributed by atoms with E-state index in [4.69, 9.17) is 19.3 Å². The third kappa shape index (κ3) is 7.21. The van der Waals surface area contributed by atoms with Gasteiger partial charge in [0.1, 0.15) is 11.8 Å². The Labute approximate surface area is 174 Å². The molecule has 1 unspecified atom stereocenters. The molecule has 0 saturated carbocycles. The minimum atomic E-state index is -1.04. The van der Waals surface area contributed by atoms with Crippen LogP contribution in [0.5, 0.6) is 5.75 Å². The first-order valence-corrected chi connectivity index (χ1v) is 9.31. The van der Waals surface area contributed by atoms with E-state index in [9.17, 15) is 14.4 Å². The summed E-state index contributed by atoms with van der Waals surface area (Å²) in [6.45, 7) is -0.280. The maximum absolute atomic E-state index is 12.2. The summed E-state index contributed by atoms with van der Waals surface area (Å²) in [6.07, 6.45) is -0.409. The zero-order valence-electron chi connectivity index (χ0n) is 16.9. The molecule has 30 heavy (non-hydrogen) atoms. The zero-order valence-corrected chi connectivity index (χ0v) is 16.9. The van der Waals surface area contributed by atoms with Crippen molar-refractivity contribution in [3.05, 3.63) is 65.7 Å². The fourth-order valence-corrected chi connectivity index (χ4v) is 2.78. The highest BCUT2D eigenvalue weighted by Crippen LogP contribution is 2.14. The van der Waals surface area contributed by atoms with Gasteiger partial charge in [-0.05, 0) is 23.3 Å². The van der Waals surface area contributed by atoms with Gasteiger partial charge in [-0.3, -0.25) is 4.79 Å². The van der Waals surface area contributed by atoms with E-state index in [2.05, 4.69) is 5.32 Å². The molecule has 0 aliphatic heterocycles.